The summed E-state index contributed by atoms with van der Waals surface area (Å²) in [6.45, 7) is 7.94. The van der Waals surface area contributed by atoms with Gasteiger partial charge in [-0.2, -0.15) is 5.26 Å². The van der Waals surface area contributed by atoms with Gasteiger partial charge in [0.05, 0.1) is 13.2 Å². The fourth-order valence-corrected chi connectivity index (χ4v) is 3.64. The molecule has 0 unspecified atom stereocenters. The highest BCUT2D eigenvalue weighted by molar-refractivity contribution is 6.01. The minimum atomic E-state index is -0.402. The molecule has 0 bridgehead atoms. The second kappa shape index (κ2) is 11.0. The predicted molar refractivity (Wildman–Crippen MR) is 128 cm³/mol. The van der Waals surface area contributed by atoms with Crippen molar-refractivity contribution in [3.8, 4) is 17.6 Å². The van der Waals surface area contributed by atoms with Crippen LogP contribution in [0.4, 0.5) is 0 Å². The molecule has 1 N–H and O–H groups in total. The van der Waals surface area contributed by atoms with Gasteiger partial charge in [-0.3, -0.25) is 4.79 Å². The molecule has 1 saturated heterocycles. The van der Waals surface area contributed by atoms with Crippen LogP contribution < -0.4 is 14.8 Å². The molecule has 33 heavy (non-hydrogen) atoms. The summed E-state index contributed by atoms with van der Waals surface area (Å²) in [5, 5.41) is 12.3. The van der Waals surface area contributed by atoms with Crippen LogP contribution in [-0.4, -0.2) is 32.3 Å². The topological polar surface area (TPSA) is 80.6 Å². The Balaban J connectivity index is 1.69. The molecule has 0 aromatic heterocycles. The first kappa shape index (κ1) is 24.3. The van der Waals surface area contributed by atoms with Crippen LogP contribution in [0.1, 0.15) is 50.3 Å². The number of methoxy groups -OCH3 is 1. The fourth-order valence-electron chi connectivity index (χ4n) is 3.64. The molecular formula is C27H32N2O4. The van der Waals surface area contributed by atoms with Crippen LogP contribution >= 0.6 is 0 Å². The molecule has 6 heteroatoms. The molecule has 0 spiro atoms. The highest BCUT2D eigenvalue weighted by Gasteiger charge is 2.18. The van der Waals surface area contributed by atoms with E-state index < -0.39 is 5.91 Å². The second-order valence-electron chi connectivity index (χ2n) is 9.15. The van der Waals surface area contributed by atoms with Crippen molar-refractivity contribution in [3.05, 3.63) is 64.7 Å². The van der Waals surface area contributed by atoms with E-state index in [9.17, 15) is 10.1 Å². The first-order valence-corrected chi connectivity index (χ1v) is 11.2. The zero-order chi connectivity index (χ0) is 23.8. The van der Waals surface area contributed by atoms with Crippen LogP contribution in [-0.2, 0) is 21.6 Å². The second-order valence-corrected chi connectivity index (χ2v) is 9.15. The van der Waals surface area contributed by atoms with Crippen molar-refractivity contribution in [1.82, 2.24) is 5.32 Å². The summed E-state index contributed by atoms with van der Waals surface area (Å²) < 4.78 is 17.0. The van der Waals surface area contributed by atoms with E-state index in [2.05, 4.69) is 38.2 Å². The van der Waals surface area contributed by atoms with Crippen LogP contribution in [0.2, 0.25) is 0 Å². The van der Waals surface area contributed by atoms with Gasteiger partial charge >= 0.3 is 0 Å². The third-order valence-corrected chi connectivity index (χ3v) is 5.61. The van der Waals surface area contributed by atoms with Gasteiger partial charge < -0.3 is 19.5 Å². The SMILES string of the molecule is COc1ccc(/C=C(\C#N)C(=O)NC[C@@H]2CCCO2)cc1COc1ccc(C(C)(C)C)cc1. The summed E-state index contributed by atoms with van der Waals surface area (Å²) in [6.07, 6.45) is 3.52. The number of carbonyl (C=O) groups excluding carboxylic acids is 1. The number of ether oxygens (including phenoxy) is 3. The molecule has 1 aliphatic rings. The van der Waals surface area contributed by atoms with Gasteiger partial charge in [-0.25, -0.2) is 0 Å². The van der Waals surface area contributed by atoms with E-state index >= 15 is 0 Å². The van der Waals surface area contributed by atoms with E-state index in [-0.39, 0.29) is 17.1 Å². The Kier molecular flexibility index (Phi) is 8.13. The van der Waals surface area contributed by atoms with Gasteiger partial charge in [0.25, 0.3) is 5.91 Å². The molecule has 0 aliphatic carbocycles. The molecule has 1 fully saturated rings. The summed E-state index contributed by atoms with van der Waals surface area (Å²) >= 11 is 0. The van der Waals surface area contributed by atoms with Crippen molar-refractivity contribution in [2.24, 2.45) is 0 Å². The van der Waals surface area contributed by atoms with Gasteiger partial charge in [0, 0.05) is 18.7 Å². The van der Waals surface area contributed by atoms with Crippen LogP contribution in [0.25, 0.3) is 6.08 Å². The summed E-state index contributed by atoms with van der Waals surface area (Å²) in [7, 11) is 1.60. The molecule has 174 valence electrons. The van der Waals surface area contributed by atoms with Crippen LogP contribution in [0.5, 0.6) is 11.5 Å². The Bertz CT molecular complexity index is 1020. The number of hydrogen-bond donors (Lipinski definition) is 1. The summed E-state index contributed by atoms with van der Waals surface area (Å²) in [5.74, 6) is 1.04. The van der Waals surface area contributed by atoms with Gasteiger partial charge in [0.1, 0.15) is 29.7 Å². The van der Waals surface area contributed by atoms with E-state index in [1.807, 2.05) is 36.4 Å². The molecule has 6 nitrogen and oxygen atoms in total. The first-order chi connectivity index (χ1) is 15.8. The number of nitrogens with zero attached hydrogens (tertiary/aromatic N) is 1. The lowest BCUT2D eigenvalue weighted by atomic mass is 9.87. The molecule has 1 aliphatic heterocycles. The molecule has 2 aromatic carbocycles. The van der Waals surface area contributed by atoms with Crippen molar-refractivity contribution < 1.29 is 19.0 Å². The maximum Gasteiger partial charge on any atom is 0.262 e. The fraction of sp³-hybridized carbons (Fsp3) is 0.407. The molecule has 1 heterocycles. The van der Waals surface area contributed by atoms with Crippen molar-refractivity contribution in [2.45, 2.75) is 51.7 Å². The summed E-state index contributed by atoms with van der Waals surface area (Å²) in [4.78, 5) is 12.4. The lowest BCUT2D eigenvalue weighted by molar-refractivity contribution is -0.117. The number of rotatable bonds is 8. The minimum Gasteiger partial charge on any atom is -0.496 e. The quantitative estimate of drug-likeness (QED) is 0.465. The smallest absolute Gasteiger partial charge is 0.262 e. The van der Waals surface area contributed by atoms with E-state index in [4.69, 9.17) is 14.2 Å². The molecule has 0 radical (unpaired) electrons. The van der Waals surface area contributed by atoms with Gasteiger partial charge in [0.2, 0.25) is 0 Å². The van der Waals surface area contributed by atoms with Crippen LogP contribution in [0.15, 0.2) is 48.0 Å². The zero-order valence-corrected chi connectivity index (χ0v) is 19.8. The first-order valence-electron chi connectivity index (χ1n) is 11.2. The average molecular weight is 449 g/mol. The maximum absolute atomic E-state index is 12.4. The predicted octanol–water partition coefficient (Wildman–Crippen LogP) is 4.77. The lowest BCUT2D eigenvalue weighted by Crippen LogP contribution is -2.32. The monoisotopic (exact) mass is 448 g/mol. The lowest BCUT2D eigenvalue weighted by Gasteiger charge is -2.19. The van der Waals surface area contributed by atoms with Crippen molar-refractivity contribution in [1.29, 1.82) is 5.26 Å². The molecule has 0 saturated carbocycles. The average Bonchev–Trinajstić information content (AvgIpc) is 3.33. The third kappa shape index (κ3) is 6.84. The Labute approximate surface area is 196 Å². The van der Waals surface area contributed by atoms with Gasteiger partial charge in [0.15, 0.2) is 0 Å². The minimum absolute atomic E-state index is 0.0242. The largest absolute Gasteiger partial charge is 0.496 e. The van der Waals surface area contributed by atoms with Gasteiger partial charge in [-0.1, -0.05) is 39.0 Å². The molecule has 2 aromatic rings. The van der Waals surface area contributed by atoms with Crippen LogP contribution in [0, 0.1) is 11.3 Å². The maximum atomic E-state index is 12.4. The Morgan fingerprint density at radius 1 is 1.24 bits per heavy atom. The molecule has 1 atom stereocenters. The van der Waals surface area contributed by atoms with E-state index in [1.165, 1.54) is 5.56 Å². The molecule has 3 rings (SSSR count). The molecule has 1 amide bonds. The van der Waals surface area contributed by atoms with Gasteiger partial charge in [-0.05, 0) is 59.7 Å². The Morgan fingerprint density at radius 2 is 2.00 bits per heavy atom. The van der Waals surface area contributed by atoms with Crippen molar-refractivity contribution in [2.75, 3.05) is 20.3 Å². The van der Waals surface area contributed by atoms with Gasteiger partial charge in [-0.15, -0.1) is 0 Å². The number of nitrogens with one attached hydrogen (secondary N) is 1. The third-order valence-electron chi connectivity index (χ3n) is 5.61. The summed E-state index contributed by atoms with van der Waals surface area (Å²) in [6, 6.07) is 15.5. The number of amides is 1. The highest BCUT2D eigenvalue weighted by atomic mass is 16.5. The number of hydrogen-bond acceptors (Lipinski definition) is 5. The highest BCUT2D eigenvalue weighted by Crippen LogP contribution is 2.26. The van der Waals surface area contributed by atoms with Crippen molar-refractivity contribution >= 4 is 12.0 Å². The number of carbonyl (C=O) groups is 1. The van der Waals surface area contributed by atoms with Crippen LogP contribution in [0.3, 0.4) is 0 Å². The Morgan fingerprint density at radius 3 is 2.61 bits per heavy atom. The van der Waals surface area contributed by atoms with Crippen molar-refractivity contribution in [3.63, 3.8) is 0 Å². The summed E-state index contributed by atoms with van der Waals surface area (Å²) in [5.41, 5.74) is 2.91. The normalized spacial score (nSPS) is 16.2. The van der Waals surface area contributed by atoms with E-state index in [0.29, 0.717) is 18.9 Å². The number of benzene rings is 2. The standard InChI is InChI=1S/C27H32N2O4/c1-27(2,3)22-8-10-23(11-9-22)33-18-21-15-19(7-12-25(21)31-4)14-20(16-28)26(30)29-17-24-6-5-13-32-24/h7-12,14-15,24H,5-6,13,17-18H2,1-4H3,(H,29,30)/b20-14+/t24-/m0/s1. The Hall–Kier alpha value is -3.30. The zero-order valence-electron chi connectivity index (χ0n) is 19.8. The number of nitriles is 1. The molecular weight excluding hydrogens is 416 g/mol. The van der Waals surface area contributed by atoms with E-state index in [0.717, 1.165) is 36.3 Å². The van der Waals surface area contributed by atoms with E-state index in [1.54, 1.807) is 13.2 Å².